The van der Waals surface area contributed by atoms with Crippen LogP contribution in [0.4, 0.5) is 23.7 Å². The van der Waals surface area contributed by atoms with E-state index in [2.05, 4.69) is 170 Å². The number of hydrogen-bond acceptors (Lipinski definition) is 30. The van der Waals surface area contributed by atoms with Crippen LogP contribution in [0.1, 0.15) is 201 Å². The smallest absolute Gasteiger partial charge is 0.330 e. The number of ether oxygens (including phenoxy) is 2. The van der Waals surface area contributed by atoms with Crippen LogP contribution in [0.15, 0.2) is 193 Å². The van der Waals surface area contributed by atoms with Crippen LogP contribution >= 0.6 is 67.7 Å². The molecule has 15 N–H and O–H groups in total. The Kier molecular flexibility index (Phi) is 56.0. The van der Waals surface area contributed by atoms with Crippen LogP contribution < -0.4 is 42.6 Å². The number of H-pyrrole nitrogens is 1. The molecule has 33 nitrogen and oxygen atoms in total. The van der Waals surface area contributed by atoms with E-state index in [1.807, 2.05) is 156 Å². The average molecular weight is 2210 g/mol. The van der Waals surface area contributed by atoms with E-state index >= 15 is 0 Å². The number of halogens is 4. The minimum Gasteiger partial charge on any atom is -0.370 e. The van der Waals surface area contributed by atoms with Crippen molar-refractivity contribution in [2.45, 2.75) is 194 Å². The summed E-state index contributed by atoms with van der Waals surface area (Å²) >= 11 is 3.53. The van der Waals surface area contributed by atoms with E-state index < -0.39 is 58.3 Å². The topological polar surface area (TPSA) is 596 Å². The molecule has 0 fully saturated rings. The molecule has 3 heterocycles. The summed E-state index contributed by atoms with van der Waals surface area (Å²) in [5.74, 6) is -0.274. The number of esters is 2. The Morgan fingerprint density at radius 1 is 0.601 bits per heavy atom. The van der Waals surface area contributed by atoms with Gasteiger partial charge < -0.3 is 47.7 Å². The zero-order valence-electron chi connectivity index (χ0n) is 79.3. The molecule has 0 aliphatic rings. The number of anilines is 4. The minimum atomic E-state index is -3.72. The van der Waals surface area contributed by atoms with Gasteiger partial charge in [0, 0.05) is 52.8 Å². The number of aromatic amines is 1. The number of Topliss-reactive ketones (excluding diaryl/α,β-unsaturated/α-hetero) is 1. The Hall–Kier alpha value is -12.7. The number of nitrogens with one attached hydrogen (secondary N) is 3. The second-order valence-corrected chi connectivity index (χ2v) is 48.9. The number of nitrogens with two attached hydrogens (primary N) is 5. The molecular weight excluding hydrogens is 2090 g/mol. The van der Waals surface area contributed by atoms with Gasteiger partial charge in [0.25, 0.3) is 14.6 Å². The molecule has 40 heteroatoms. The number of carbonyl (C=O) groups excluding carboxylic acids is 4. The van der Waals surface area contributed by atoms with Gasteiger partial charge in [-0.1, -0.05) is 181 Å². The molecule has 3 atom stereocenters. The van der Waals surface area contributed by atoms with Crippen molar-refractivity contribution >= 4 is 138 Å². The van der Waals surface area contributed by atoms with Gasteiger partial charge in [-0.3, -0.25) is 29.6 Å². The zero-order chi connectivity index (χ0) is 104. The number of aromatic nitrogens is 6. The van der Waals surface area contributed by atoms with E-state index in [1.54, 1.807) is 38.1 Å². The number of carbonyl (C=O) groups is 4. The summed E-state index contributed by atoms with van der Waals surface area (Å²) in [6.07, 6.45) is 6.72. The number of nitrogen functional groups attached to an aromatic ring is 3. The van der Waals surface area contributed by atoms with Crippen molar-refractivity contribution in [3.63, 3.8) is 0 Å². The maximum atomic E-state index is 13.0. The first-order chi connectivity index (χ1) is 65.1. The summed E-state index contributed by atoms with van der Waals surface area (Å²) in [6.45, 7) is 29.2. The van der Waals surface area contributed by atoms with Gasteiger partial charge in [0.05, 0.1) is 86.4 Å². The number of aryl methyl sites for hydroxylation is 3. The molecule has 738 valence electrons. The number of aliphatic hydroxyl groups excluding tert-OH is 1. The Labute approximate surface area is 838 Å². The van der Waals surface area contributed by atoms with Crippen LogP contribution in [0, 0.1) is 88.8 Å². The van der Waals surface area contributed by atoms with Crippen LogP contribution in [0.25, 0.3) is 0 Å². The van der Waals surface area contributed by atoms with Crippen molar-refractivity contribution < 1.29 is 65.2 Å². The van der Waals surface area contributed by atoms with Gasteiger partial charge in [-0.25, -0.2) is 28.4 Å². The molecule has 0 saturated carbocycles. The predicted molar refractivity (Wildman–Crippen MR) is 557 cm³/mol. The molecule has 0 bridgehead atoms. The van der Waals surface area contributed by atoms with E-state index in [9.17, 15) is 36.0 Å². The third kappa shape index (κ3) is 44.7. The predicted octanol–water partition coefficient (Wildman–Crippen LogP) is 17.7. The molecule has 0 amide bonds. The van der Waals surface area contributed by atoms with Crippen LogP contribution in [0.2, 0.25) is 0 Å². The van der Waals surface area contributed by atoms with Gasteiger partial charge in [0.1, 0.15) is 17.5 Å². The molecule has 3 unspecified atom stereocenters. The molecular formula is C98H121Br2ClIN18O15PS2. The van der Waals surface area contributed by atoms with E-state index in [0.29, 0.717) is 90.6 Å². The summed E-state index contributed by atoms with van der Waals surface area (Å²) < 4.78 is 66.5. The van der Waals surface area contributed by atoms with E-state index in [0.717, 1.165) is 107 Å². The molecule has 7 aromatic carbocycles. The van der Waals surface area contributed by atoms with E-state index in [4.69, 9.17) is 77.8 Å². The second kappa shape index (κ2) is 63.7. The van der Waals surface area contributed by atoms with Crippen LogP contribution in [0.3, 0.4) is 0 Å². The quantitative estimate of drug-likeness (QED) is 0.00154. The fourth-order valence-electron chi connectivity index (χ4n) is 12.1. The molecule has 0 saturated heterocycles. The molecule has 0 radical (unpaired) electrons. The Bertz CT molecular complexity index is 6160. The van der Waals surface area contributed by atoms with Gasteiger partial charge in [0.2, 0.25) is 11.9 Å². The maximum absolute atomic E-state index is 13.0. The van der Waals surface area contributed by atoms with Gasteiger partial charge in [-0.2, -0.15) is 26.0 Å². The fourth-order valence-corrected chi connectivity index (χ4v) is 21.9. The van der Waals surface area contributed by atoms with Crippen molar-refractivity contribution in [1.82, 2.24) is 29.9 Å². The standard InChI is InChI=1S/C20H19BrIN4O3PS.C19H25N5.C15H23ClO2S.C14H14N4O.C14H15NO3.C8H6BrN.C6H10O3.CH5N3.CH2O3.H2/c1-13-18(12-15-4-2-14(3-5-15)10-11-23)19(26-20(24)25-13)29-22(30)31(27,28)17-8-6-16(21)7-9-17;1-3-4-5-12-22-18-17(14(2)23-19(21)24-18)13-16-8-6-15(7-9-16)10-11-20;1-9(2)12-7-13(10(3)4)15(19(16,17)18)14(8-12)11(5)6;1-9-12(13(19)18-14(16)17-9)8-11-4-2-10(3-5-11)6-7-15;1-10(16)13(14(17)18-2)9-12-5-3-11(4-6-12)7-8-15;9-8-3-1-7(2-4-8)5-6-10;1-4(5(2)7)6(8)9-3;2-1(3)4;2-1-4-3;/h2-9H,10,12,30H2,1H3,(H2,24,25,26);6-9H,3-5,10,12-13H2,1-2H3,(H3,21,22,23,24);7-11H,1-6H3;2-5H,6,8H2,1H3,(H3,16,17,18,19);3-6,13H,7,9H2,1-2H3;1-4H,5H2;5,7H,1H2,2-3H3;(H5,2,3,4);1,3H;1H. The summed E-state index contributed by atoms with van der Waals surface area (Å²) in [6, 6.07) is 59.3. The Balaban J connectivity index is 0.000000820. The number of methoxy groups -OCH3 is 2. The van der Waals surface area contributed by atoms with Crippen molar-refractivity contribution in [3.05, 3.63) is 290 Å². The van der Waals surface area contributed by atoms with Crippen LogP contribution in [-0.2, 0) is 107 Å². The Morgan fingerprint density at radius 3 is 1.30 bits per heavy atom. The van der Waals surface area contributed by atoms with Crippen molar-refractivity contribution in [1.29, 1.82) is 31.7 Å². The number of rotatable bonds is 31. The molecule has 0 spiro atoms. The number of benzene rings is 7. The first kappa shape index (κ1) is 121. The van der Waals surface area contributed by atoms with Crippen molar-refractivity contribution in [2.24, 2.45) is 17.4 Å². The zero-order valence-corrected chi connectivity index (χ0v) is 88.2. The number of unbranched alkanes of at least 4 members (excludes halogenated alkanes) is 2. The second-order valence-electron chi connectivity index (χ2n) is 31.1. The Morgan fingerprint density at radius 2 is 0.964 bits per heavy atom. The van der Waals surface area contributed by atoms with E-state index in [-0.39, 0.29) is 65.3 Å². The SMILES string of the molecule is C=C(C(=O)OC)C(C)O.CC(C)c1cc(C(C)C)c(S(=O)(=O)Cl)c(C(C)C)c1.CCCCCNc1nc(N)nc(C)c1Cc1ccc(CC#N)cc1.COC(=O)C(Cc1ccc(CC#N)cc1)C(C)=O.Cc1nc(N)[nH]c(=O)c1Cc1ccc(CC#N)cc1.Cc1nc(N)nc(OI(P)S(=O)(=O)c2ccc(Br)cc2)c1Cc1ccc(CC#N)cc1.N#CCc1ccc(Br)cc1.N=C(N)N.O=COO.[HH]. The maximum Gasteiger partial charge on any atom is 0.330 e. The molecule has 10 aromatic rings. The molecule has 3 aromatic heterocycles. The van der Waals surface area contributed by atoms with Gasteiger partial charge in [0.15, 0.2) is 5.96 Å². The number of nitrogens with zero attached hydrogens (tertiary/aromatic N) is 10. The number of hydrogen-bond donors (Lipinski definition) is 10. The summed E-state index contributed by atoms with van der Waals surface area (Å²) in [5, 5.41) is 68.3. The molecule has 138 heavy (non-hydrogen) atoms. The van der Waals surface area contributed by atoms with E-state index in [1.165, 1.54) is 46.5 Å². The first-order valence-corrected chi connectivity index (χ1v) is 55.5. The number of nitriles is 5. The summed E-state index contributed by atoms with van der Waals surface area (Å²) in [5.41, 5.74) is 42.2. The molecule has 0 aliphatic carbocycles. The number of ketones is 1. The van der Waals surface area contributed by atoms with Crippen molar-refractivity contribution in [2.75, 3.05) is 43.3 Å². The minimum absolute atomic E-state index is 0. The average Bonchev–Trinajstić information content (AvgIpc) is 0.792. The van der Waals surface area contributed by atoms with Crippen molar-refractivity contribution in [3.8, 4) is 36.2 Å². The van der Waals surface area contributed by atoms with Crippen LogP contribution in [0.5, 0.6) is 5.88 Å². The summed E-state index contributed by atoms with van der Waals surface area (Å²) in [4.78, 5) is 80.8. The third-order valence-corrected chi connectivity index (χ3v) is 34.7. The normalized spacial score (nSPS) is 10.8. The van der Waals surface area contributed by atoms with Gasteiger partial charge >= 0.3 is 217 Å². The third-order valence-electron chi connectivity index (χ3n) is 19.5. The molecule has 0 aliphatic heterocycles. The first-order valence-electron chi connectivity index (χ1n) is 42.5. The largest absolute Gasteiger partial charge is 0.370 e. The molecule has 10 rings (SSSR count). The van der Waals surface area contributed by atoms with Crippen LogP contribution in [-0.4, -0.2) is 114 Å². The summed E-state index contributed by atoms with van der Waals surface area (Å²) in [7, 11) is 0.818. The van der Waals surface area contributed by atoms with Gasteiger partial charge in [-0.05, 0) is 126 Å². The fraction of sp³-hybridized carbons (Fsp3) is 0.327. The number of guanidine groups is 1. The monoisotopic (exact) mass is 2200 g/mol. The number of aliphatic hydroxyl groups is 1. The van der Waals surface area contributed by atoms with Gasteiger partial charge in [-0.15, -0.1) is 0 Å².